The molecule has 0 saturated carbocycles. The lowest BCUT2D eigenvalue weighted by Crippen LogP contribution is -2.02. The number of carbonyl (C=O) groups is 1. The maximum Gasteiger partial charge on any atom is 0.339 e. The number of carbonyl (C=O) groups excluding carboxylic acids is 1. The predicted molar refractivity (Wildman–Crippen MR) is 68.0 cm³/mol. The van der Waals surface area contributed by atoms with Crippen molar-refractivity contribution in [3.05, 3.63) is 34.6 Å². The molecule has 1 rings (SSSR count). The molecule has 0 aliphatic rings. The summed E-state index contributed by atoms with van der Waals surface area (Å²) in [6.07, 6.45) is 6.08. The Morgan fingerprint density at radius 1 is 1.69 bits per heavy atom. The number of nitrogens with zero attached hydrogens (tertiary/aromatic N) is 1. The molecule has 0 aliphatic carbocycles. The van der Waals surface area contributed by atoms with Crippen molar-refractivity contribution in [1.82, 2.24) is 4.98 Å². The third kappa shape index (κ3) is 3.61. The largest absolute Gasteiger partial charge is 0.465 e. The Labute approximate surface area is 108 Å². The Kier molecular flexibility index (Phi) is 5.49. The van der Waals surface area contributed by atoms with E-state index in [2.05, 4.69) is 25.7 Å². The molecule has 0 bridgehead atoms. The Bertz CT molecular complexity index is 407. The summed E-state index contributed by atoms with van der Waals surface area (Å²) in [5.41, 5.74) is 1.11. The number of ether oxygens (including phenoxy) is 1. The second kappa shape index (κ2) is 6.66. The summed E-state index contributed by atoms with van der Waals surface area (Å²) in [6.45, 7) is 0. The molecule has 0 saturated heterocycles. The number of esters is 1. The maximum absolute atomic E-state index is 11.3. The van der Waals surface area contributed by atoms with Crippen LogP contribution in [0.1, 0.15) is 22.3 Å². The second-order valence-corrected chi connectivity index (χ2v) is 4.13. The zero-order valence-electron chi connectivity index (χ0n) is 8.74. The van der Waals surface area contributed by atoms with E-state index in [-0.39, 0.29) is 0 Å². The Hall–Kier alpha value is -0.870. The summed E-state index contributed by atoms with van der Waals surface area (Å²) < 4.78 is 4.60. The van der Waals surface area contributed by atoms with E-state index in [1.54, 1.807) is 6.07 Å². The minimum atomic E-state index is -0.417. The fourth-order valence-corrected chi connectivity index (χ4v) is 1.52. The van der Waals surface area contributed by atoms with Crippen LogP contribution in [0.25, 0.3) is 6.08 Å². The van der Waals surface area contributed by atoms with E-state index >= 15 is 0 Å². The normalized spacial score (nSPS) is 10.7. The van der Waals surface area contributed by atoms with Gasteiger partial charge in [0.05, 0.1) is 12.7 Å². The molecule has 3 nitrogen and oxygen atoms in total. The van der Waals surface area contributed by atoms with Gasteiger partial charge in [-0.1, -0.05) is 39.7 Å². The number of pyridine rings is 1. The second-order valence-electron chi connectivity index (χ2n) is 2.98. The highest BCUT2D eigenvalue weighted by Crippen LogP contribution is 2.17. The molecule has 1 aromatic rings. The van der Waals surface area contributed by atoms with Crippen molar-refractivity contribution >= 4 is 39.6 Å². The average Bonchev–Trinajstić information content (AvgIpc) is 2.31. The van der Waals surface area contributed by atoms with Gasteiger partial charge in [-0.2, -0.15) is 0 Å². The third-order valence-corrected chi connectivity index (χ3v) is 2.63. The van der Waals surface area contributed by atoms with Gasteiger partial charge in [0.2, 0.25) is 0 Å². The first kappa shape index (κ1) is 13.2. The van der Waals surface area contributed by atoms with Gasteiger partial charge in [0.1, 0.15) is 5.15 Å². The lowest BCUT2D eigenvalue weighted by atomic mass is 10.2. The van der Waals surface area contributed by atoms with Crippen LogP contribution in [0.5, 0.6) is 0 Å². The summed E-state index contributed by atoms with van der Waals surface area (Å²) in [5, 5.41) is 1.25. The van der Waals surface area contributed by atoms with Gasteiger partial charge in [-0.05, 0) is 12.5 Å². The van der Waals surface area contributed by atoms with Crippen molar-refractivity contribution in [1.29, 1.82) is 0 Å². The van der Waals surface area contributed by atoms with Crippen LogP contribution >= 0.6 is 27.5 Å². The van der Waals surface area contributed by atoms with E-state index in [0.717, 1.165) is 11.8 Å². The Morgan fingerprint density at radius 3 is 3.06 bits per heavy atom. The quantitative estimate of drug-likeness (QED) is 0.486. The Balaban J connectivity index is 2.94. The van der Waals surface area contributed by atoms with E-state index in [9.17, 15) is 4.79 Å². The first-order valence-electron chi connectivity index (χ1n) is 4.65. The predicted octanol–water partition coefficient (Wildman–Crippen LogP) is 3.32. The lowest BCUT2D eigenvalue weighted by molar-refractivity contribution is 0.0600. The van der Waals surface area contributed by atoms with E-state index in [1.807, 2.05) is 12.2 Å². The summed E-state index contributed by atoms with van der Waals surface area (Å²) in [5.74, 6) is -0.417. The molecule has 0 fully saturated rings. The SMILES string of the molecule is COC(=O)c1cnc(Cl)c(C=CCCBr)c1. The molecule has 0 atom stereocenters. The standard InChI is InChI=1S/C11H11BrClNO2/c1-16-11(15)9-6-8(4-2-3-5-12)10(13)14-7-9/h2,4,6-7H,3,5H2,1H3. The van der Waals surface area contributed by atoms with Crippen LogP contribution in [0.3, 0.4) is 0 Å². The fourth-order valence-electron chi connectivity index (χ4n) is 1.08. The lowest BCUT2D eigenvalue weighted by Gasteiger charge is -2.01. The molecule has 0 spiro atoms. The van der Waals surface area contributed by atoms with Gasteiger partial charge in [-0.15, -0.1) is 0 Å². The number of alkyl halides is 1. The minimum absolute atomic E-state index is 0.374. The molecular formula is C11H11BrClNO2. The summed E-state index contributed by atoms with van der Waals surface area (Å²) in [6, 6.07) is 1.66. The first-order valence-corrected chi connectivity index (χ1v) is 6.15. The van der Waals surface area contributed by atoms with Gasteiger partial charge >= 0.3 is 5.97 Å². The first-order chi connectivity index (χ1) is 7.69. The number of halogens is 2. The van der Waals surface area contributed by atoms with E-state index in [0.29, 0.717) is 16.3 Å². The summed E-state index contributed by atoms with van der Waals surface area (Å²) in [4.78, 5) is 15.2. The fraction of sp³-hybridized carbons (Fsp3) is 0.273. The molecule has 0 N–H and O–H groups in total. The van der Waals surface area contributed by atoms with Crippen LogP contribution < -0.4 is 0 Å². The summed E-state index contributed by atoms with van der Waals surface area (Å²) in [7, 11) is 1.33. The molecule has 0 aliphatic heterocycles. The average molecular weight is 305 g/mol. The molecule has 16 heavy (non-hydrogen) atoms. The number of hydrogen-bond donors (Lipinski definition) is 0. The van der Waals surface area contributed by atoms with Crippen molar-refractivity contribution in [2.24, 2.45) is 0 Å². The molecule has 0 amide bonds. The van der Waals surface area contributed by atoms with Crippen LogP contribution in [0.15, 0.2) is 18.3 Å². The number of hydrogen-bond acceptors (Lipinski definition) is 3. The molecule has 0 aromatic carbocycles. The highest BCUT2D eigenvalue weighted by atomic mass is 79.9. The van der Waals surface area contributed by atoms with Crippen LogP contribution in [-0.2, 0) is 4.74 Å². The highest BCUT2D eigenvalue weighted by Gasteiger charge is 2.08. The van der Waals surface area contributed by atoms with Gasteiger partial charge in [-0.3, -0.25) is 0 Å². The molecule has 0 radical (unpaired) electrons. The number of rotatable bonds is 4. The van der Waals surface area contributed by atoms with Crippen molar-refractivity contribution in [2.75, 3.05) is 12.4 Å². The zero-order valence-corrected chi connectivity index (χ0v) is 11.1. The monoisotopic (exact) mass is 303 g/mol. The highest BCUT2D eigenvalue weighted by molar-refractivity contribution is 9.09. The molecule has 0 unspecified atom stereocenters. The molecule has 5 heteroatoms. The zero-order chi connectivity index (χ0) is 12.0. The van der Waals surface area contributed by atoms with E-state index in [1.165, 1.54) is 13.3 Å². The van der Waals surface area contributed by atoms with Crippen LogP contribution in [0, 0.1) is 0 Å². The Morgan fingerprint density at radius 2 is 2.44 bits per heavy atom. The number of aromatic nitrogens is 1. The van der Waals surface area contributed by atoms with Crippen molar-refractivity contribution in [3.63, 3.8) is 0 Å². The molecule has 86 valence electrons. The van der Waals surface area contributed by atoms with Gasteiger partial charge in [0, 0.05) is 17.1 Å². The molecular weight excluding hydrogens is 293 g/mol. The minimum Gasteiger partial charge on any atom is -0.465 e. The third-order valence-electron chi connectivity index (χ3n) is 1.86. The van der Waals surface area contributed by atoms with Gasteiger partial charge < -0.3 is 4.74 Å². The van der Waals surface area contributed by atoms with Crippen LogP contribution in [-0.4, -0.2) is 23.4 Å². The van der Waals surface area contributed by atoms with Crippen molar-refractivity contribution < 1.29 is 9.53 Å². The molecule has 1 heterocycles. The van der Waals surface area contributed by atoms with Gasteiger partial charge in [0.25, 0.3) is 0 Å². The molecule has 1 aromatic heterocycles. The van der Waals surface area contributed by atoms with Crippen LogP contribution in [0.4, 0.5) is 0 Å². The maximum atomic E-state index is 11.3. The van der Waals surface area contributed by atoms with Gasteiger partial charge in [-0.25, -0.2) is 9.78 Å². The van der Waals surface area contributed by atoms with E-state index in [4.69, 9.17) is 11.6 Å². The van der Waals surface area contributed by atoms with Gasteiger partial charge in [0.15, 0.2) is 0 Å². The van der Waals surface area contributed by atoms with E-state index < -0.39 is 5.97 Å². The smallest absolute Gasteiger partial charge is 0.339 e. The van der Waals surface area contributed by atoms with Crippen molar-refractivity contribution in [3.8, 4) is 0 Å². The topological polar surface area (TPSA) is 39.2 Å². The number of methoxy groups -OCH3 is 1. The summed E-state index contributed by atoms with van der Waals surface area (Å²) >= 11 is 9.21. The van der Waals surface area contributed by atoms with Crippen LogP contribution in [0.2, 0.25) is 5.15 Å². The van der Waals surface area contributed by atoms with Crippen molar-refractivity contribution in [2.45, 2.75) is 6.42 Å². The number of allylic oxidation sites excluding steroid dienone is 1.